The van der Waals surface area contributed by atoms with E-state index in [2.05, 4.69) is 5.32 Å². The van der Waals surface area contributed by atoms with Crippen LogP contribution >= 0.6 is 12.4 Å². The summed E-state index contributed by atoms with van der Waals surface area (Å²) in [6.45, 7) is 1.98. The molecule has 29 heavy (non-hydrogen) atoms. The Labute approximate surface area is 179 Å². The van der Waals surface area contributed by atoms with Crippen LogP contribution in [-0.2, 0) is 4.79 Å². The highest BCUT2D eigenvalue weighted by Crippen LogP contribution is 2.28. The number of amides is 2. The average Bonchev–Trinajstić information content (AvgIpc) is 2.73. The van der Waals surface area contributed by atoms with E-state index >= 15 is 0 Å². The minimum Gasteiger partial charge on any atom is -0.493 e. The van der Waals surface area contributed by atoms with Crippen LogP contribution in [0.4, 0.5) is 0 Å². The number of halogens is 1. The van der Waals surface area contributed by atoms with Crippen LogP contribution in [0.25, 0.3) is 0 Å². The van der Waals surface area contributed by atoms with Gasteiger partial charge in [0.15, 0.2) is 11.5 Å². The summed E-state index contributed by atoms with van der Waals surface area (Å²) in [6.07, 6.45) is 6.17. The van der Waals surface area contributed by atoms with Gasteiger partial charge in [0.2, 0.25) is 5.91 Å². The third-order valence-electron chi connectivity index (χ3n) is 5.14. The predicted molar refractivity (Wildman–Crippen MR) is 116 cm³/mol. The molecule has 0 atom stereocenters. The number of unbranched alkanes of at least 4 members (excludes halogenated alkanes) is 3. The zero-order chi connectivity index (χ0) is 20.4. The van der Waals surface area contributed by atoms with E-state index in [1.54, 1.807) is 32.4 Å². The molecule has 3 N–H and O–H groups in total. The van der Waals surface area contributed by atoms with Gasteiger partial charge in [0, 0.05) is 31.1 Å². The van der Waals surface area contributed by atoms with Gasteiger partial charge in [-0.25, -0.2) is 0 Å². The molecular weight excluding hydrogens is 394 g/mol. The summed E-state index contributed by atoms with van der Waals surface area (Å²) in [6, 6.07) is 5.35. The molecule has 0 spiro atoms. The molecule has 0 aromatic heterocycles. The fourth-order valence-electron chi connectivity index (χ4n) is 3.46. The van der Waals surface area contributed by atoms with Crippen LogP contribution < -0.4 is 20.5 Å². The highest BCUT2D eigenvalue weighted by molar-refractivity contribution is 5.95. The molecule has 1 aromatic carbocycles. The van der Waals surface area contributed by atoms with Crippen molar-refractivity contribution in [3.8, 4) is 11.5 Å². The molecule has 7 nitrogen and oxygen atoms in total. The summed E-state index contributed by atoms with van der Waals surface area (Å²) in [5.41, 5.74) is 6.05. The largest absolute Gasteiger partial charge is 0.493 e. The van der Waals surface area contributed by atoms with Crippen molar-refractivity contribution in [1.82, 2.24) is 10.2 Å². The standard InChI is InChI=1S/C21H33N3O4.ClH/c1-27-18-9-8-16(15-19(18)28-2)21(26)24-13-10-17(11-14-24)23-20(25)7-5-3-4-6-12-22;/h8-9,15,17H,3-7,10-14,22H2,1-2H3,(H,23,25);1H. The van der Waals surface area contributed by atoms with Crippen molar-refractivity contribution in [2.45, 2.75) is 51.0 Å². The van der Waals surface area contributed by atoms with Gasteiger partial charge < -0.3 is 25.4 Å². The smallest absolute Gasteiger partial charge is 0.253 e. The first-order chi connectivity index (χ1) is 13.6. The van der Waals surface area contributed by atoms with Gasteiger partial charge in [-0.2, -0.15) is 0 Å². The Morgan fingerprint density at radius 2 is 1.72 bits per heavy atom. The van der Waals surface area contributed by atoms with Gasteiger partial charge in [-0.1, -0.05) is 12.8 Å². The number of likely N-dealkylation sites (tertiary alicyclic amines) is 1. The third-order valence-corrected chi connectivity index (χ3v) is 5.14. The van der Waals surface area contributed by atoms with E-state index in [4.69, 9.17) is 15.2 Å². The minimum atomic E-state index is -0.0226. The monoisotopic (exact) mass is 427 g/mol. The molecule has 0 aliphatic carbocycles. The summed E-state index contributed by atoms with van der Waals surface area (Å²) in [5.74, 6) is 1.23. The molecule has 1 aromatic rings. The molecule has 1 saturated heterocycles. The van der Waals surface area contributed by atoms with Gasteiger partial charge in [-0.15, -0.1) is 12.4 Å². The summed E-state index contributed by atoms with van der Waals surface area (Å²) < 4.78 is 10.5. The van der Waals surface area contributed by atoms with Crippen LogP contribution in [-0.4, -0.2) is 56.6 Å². The fourth-order valence-corrected chi connectivity index (χ4v) is 3.46. The van der Waals surface area contributed by atoms with E-state index < -0.39 is 0 Å². The quantitative estimate of drug-likeness (QED) is 0.560. The third kappa shape index (κ3) is 7.74. The number of nitrogens with two attached hydrogens (primary N) is 1. The number of piperidine rings is 1. The minimum absolute atomic E-state index is 0. The Kier molecular flexibility index (Phi) is 11.5. The second-order valence-electron chi connectivity index (χ2n) is 7.16. The molecule has 2 rings (SSSR count). The average molecular weight is 428 g/mol. The molecular formula is C21H34ClN3O4. The molecule has 0 unspecified atom stereocenters. The molecule has 2 amide bonds. The summed E-state index contributed by atoms with van der Waals surface area (Å²) in [7, 11) is 3.12. The maximum atomic E-state index is 12.8. The predicted octanol–water partition coefficient (Wildman–Crippen LogP) is 2.76. The first kappa shape index (κ1) is 25.0. The van der Waals surface area contributed by atoms with Gasteiger partial charge >= 0.3 is 0 Å². The Balaban J connectivity index is 0.00000420. The lowest BCUT2D eigenvalue weighted by molar-refractivity contribution is -0.122. The Morgan fingerprint density at radius 3 is 2.34 bits per heavy atom. The molecule has 0 radical (unpaired) electrons. The number of benzene rings is 1. The lowest BCUT2D eigenvalue weighted by atomic mass is 10.0. The number of carbonyl (C=O) groups excluding carboxylic acids is 2. The fraction of sp³-hybridized carbons (Fsp3) is 0.619. The number of nitrogens with zero attached hydrogens (tertiary/aromatic N) is 1. The van der Waals surface area contributed by atoms with Gasteiger partial charge in [-0.05, 0) is 50.4 Å². The summed E-state index contributed by atoms with van der Waals surface area (Å²) in [4.78, 5) is 26.7. The molecule has 1 aliphatic rings. The van der Waals surface area contributed by atoms with E-state index in [-0.39, 0.29) is 30.3 Å². The maximum absolute atomic E-state index is 12.8. The number of methoxy groups -OCH3 is 2. The van der Waals surface area contributed by atoms with E-state index in [0.717, 1.165) is 38.5 Å². The van der Waals surface area contributed by atoms with Crippen molar-refractivity contribution < 1.29 is 19.1 Å². The normalized spacial score (nSPS) is 14.1. The topological polar surface area (TPSA) is 93.9 Å². The molecule has 1 heterocycles. The molecule has 1 fully saturated rings. The highest BCUT2D eigenvalue weighted by Gasteiger charge is 2.25. The van der Waals surface area contributed by atoms with Crippen molar-refractivity contribution in [1.29, 1.82) is 0 Å². The molecule has 0 bridgehead atoms. The summed E-state index contributed by atoms with van der Waals surface area (Å²) >= 11 is 0. The SMILES string of the molecule is COc1ccc(C(=O)N2CCC(NC(=O)CCCCCCN)CC2)cc1OC.Cl. The van der Waals surface area contributed by atoms with Crippen molar-refractivity contribution in [2.75, 3.05) is 33.9 Å². The van der Waals surface area contributed by atoms with E-state index in [1.165, 1.54) is 0 Å². The number of nitrogens with one attached hydrogen (secondary N) is 1. The number of rotatable bonds is 10. The molecule has 164 valence electrons. The van der Waals surface area contributed by atoms with Crippen LogP contribution in [0.15, 0.2) is 18.2 Å². The second-order valence-corrected chi connectivity index (χ2v) is 7.16. The van der Waals surface area contributed by atoms with Crippen LogP contribution in [0.3, 0.4) is 0 Å². The van der Waals surface area contributed by atoms with Crippen molar-refractivity contribution in [3.63, 3.8) is 0 Å². The number of ether oxygens (including phenoxy) is 2. The van der Waals surface area contributed by atoms with Crippen LogP contribution in [0.1, 0.15) is 55.3 Å². The summed E-state index contributed by atoms with van der Waals surface area (Å²) in [5, 5.41) is 3.10. The highest BCUT2D eigenvalue weighted by atomic mass is 35.5. The van der Waals surface area contributed by atoms with Crippen molar-refractivity contribution >= 4 is 24.2 Å². The Hall–Kier alpha value is -1.99. The number of carbonyl (C=O) groups is 2. The molecule has 1 aliphatic heterocycles. The number of hydrogen-bond donors (Lipinski definition) is 2. The zero-order valence-corrected chi connectivity index (χ0v) is 18.3. The van der Waals surface area contributed by atoms with Crippen LogP contribution in [0, 0.1) is 0 Å². The Bertz CT molecular complexity index is 649. The van der Waals surface area contributed by atoms with E-state index in [1.807, 2.05) is 4.90 Å². The maximum Gasteiger partial charge on any atom is 0.253 e. The van der Waals surface area contributed by atoms with Gasteiger partial charge in [0.05, 0.1) is 14.2 Å². The van der Waals surface area contributed by atoms with Crippen molar-refractivity contribution in [2.24, 2.45) is 5.73 Å². The first-order valence-corrected chi connectivity index (χ1v) is 10.1. The molecule has 8 heteroatoms. The van der Waals surface area contributed by atoms with Gasteiger partial charge in [-0.3, -0.25) is 9.59 Å². The number of hydrogen-bond acceptors (Lipinski definition) is 5. The van der Waals surface area contributed by atoms with Gasteiger partial charge in [0.1, 0.15) is 0 Å². The Morgan fingerprint density at radius 1 is 1.07 bits per heavy atom. The van der Waals surface area contributed by atoms with Crippen LogP contribution in [0.2, 0.25) is 0 Å². The lowest BCUT2D eigenvalue weighted by Crippen LogP contribution is -2.46. The lowest BCUT2D eigenvalue weighted by Gasteiger charge is -2.32. The van der Waals surface area contributed by atoms with E-state index in [9.17, 15) is 9.59 Å². The van der Waals surface area contributed by atoms with E-state index in [0.29, 0.717) is 43.1 Å². The zero-order valence-electron chi connectivity index (χ0n) is 17.4. The van der Waals surface area contributed by atoms with Gasteiger partial charge in [0.25, 0.3) is 5.91 Å². The molecule has 0 saturated carbocycles. The van der Waals surface area contributed by atoms with Crippen molar-refractivity contribution in [3.05, 3.63) is 23.8 Å². The first-order valence-electron chi connectivity index (χ1n) is 10.1. The van der Waals surface area contributed by atoms with Crippen LogP contribution in [0.5, 0.6) is 11.5 Å². The second kappa shape index (κ2) is 13.3.